The molecule has 1 aromatic rings. The Hall–Kier alpha value is -1.86. The van der Waals surface area contributed by atoms with Crippen molar-refractivity contribution in [2.24, 2.45) is 0 Å². The van der Waals surface area contributed by atoms with E-state index in [1.54, 1.807) is 16.4 Å². The maximum absolute atomic E-state index is 12.8. The summed E-state index contributed by atoms with van der Waals surface area (Å²) in [7, 11) is 0. The third kappa shape index (κ3) is 2.40. The van der Waals surface area contributed by atoms with Gasteiger partial charge in [-0.05, 0) is 25.8 Å². The molecule has 3 heterocycles. The first kappa shape index (κ1) is 15.1. The molecule has 2 N–H and O–H groups in total. The van der Waals surface area contributed by atoms with Gasteiger partial charge in [-0.15, -0.1) is 0 Å². The molecule has 120 valence electrons. The van der Waals surface area contributed by atoms with Gasteiger partial charge in [-0.3, -0.25) is 4.79 Å². The molecule has 1 aromatic heterocycles. The van der Waals surface area contributed by atoms with Crippen molar-refractivity contribution in [2.45, 2.75) is 45.1 Å². The molecule has 1 amide bonds. The topological polar surface area (TPSA) is 92.0 Å². The lowest BCUT2D eigenvalue weighted by Crippen LogP contribution is -2.42. The molecule has 0 aliphatic carbocycles. The summed E-state index contributed by atoms with van der Waals surface area (Å²) < 4.78 is 7.06. The molecular formula is C15H20N2O5. The largest absolute Gasteiger partial charge is 0.478 e. The molecule has 1 saturated heterocycles. The number of carbonyl (C=O) groups is 2. The molecule has 0 bridgehead atoms. The number of likely N-dealkylation sites (tertiary alicyclic amines) is 1. The van der Waals surface area contributed by atoms with Crippen molar-refractivity contribution in [3.63, 3.8) is 0 Å². The van der Waals surface area contributed by atoms with Crippen LogP contribution in [0.4, 0.5) is 0 Å². The van der Waals surface area contributed by atoms with Crippen molar-refractivity contribution >= 4 is 11.9 Å². The quantitative estimate of drug-likeness (QED) is 0.857. The van der Waals surface area contributed by atoms with Gasteiger partial charge in [0.15, 0.2) is 0 Å². The molecular weight excluding hydrogens is 288 g/mol. The maximum Gasteiger partial charge on any atom is 0.337 e. The maximum atomic E-state index is 12.8. The molecule has 0 spiro atoms. The number of carboxylic acids is 1. The van der Waals surface area contributed by atoms with Gasteiger partial charge in [0, 0.05) is 13.1 Å². The van der Waals surface area contributed by atoms with E-state index in [1.807, 2.05) is 0 Å². The summed E-state index contributed by atoms with van der Waals surface area (Å²) in [5.74, 6) is -1.26. The summed E-state index contributed by atoms with van der Waals surface area (Å²) in [4.78, 5) is 25.9. The monoisotopic (exact) mass is 308 g/mol. The standard InChI is InChI=1S/C15H20N2O5/c1-9(18)11-3-2-4-17(11)14(19)12-7-10(15(20)21)13-8-22-6-5-16(12)13/h7,9,11,18H,2-6,8H2,1H3,(H,20,21). The zero-order valence-electron chi connectivity index (χ0n) is 12.5. The number of hydrogen-bond donors (Lipinski definition) is 2. The number of carbonyl (C=O) groups excluding carboxylic acids is 1. The Morgan fingerprint density at radius 1 is 1.41 bits per heavy atom. The van der Waals surface area contributed by atoms with E-state index < -0.39 is 12.1 Å². The number of ether oxygens (including phenoxy) is 1. The Morgan fingerprint density at radius 3 is 2.86 bits per heavy atom. The third-order valence-corrected chi connectivity index (χ3v) is 4.47. The fourth-order valence-electron chi connectivity index (χ4n) is 3.38. The van der Waals surface area contributed by atoms with E-state index in [1.165, 1.54) is 6.07 Å². The molecule has 2 unspecified atom stereocenters. The van der Waals surface area contributed by atoms with Crippen molar-refractivity contribution in [3.8, 4) is 0 Å². The zero-order valence-corrected chi connectivity index (χ0v) is 12.5. The van der Waals surface area contributed by atoms with Crippen LogP contribution >= 0.6 is 0 Å². The van der Waals surface area contributed by atoms with E-state index in [4.69, 9.17) is 4.74 Å². The van der Waals surface area contributed by atoms with Gasteiger partial charge in [-0.1, -0.05) is 0 Å². The Labute approximate surface area is 128 Å². The van der Waals surface area contributed by atoms with Crippen LogP contribution in [-0.2, 0) is 17.9 Å². The molecule has 7 nitrogen and oxygen atoms in total. The Bertz CT molecular complexity index is 607. The fourth-order valence-corrected chi connectivity index (χ4v) is 3.38. The van der Waals surface area contributed by atoms with Gasteiger partial charge in [0.2, 0.25) is 0 Å². The minimum atomic E-state index is -1.05. The Morgan fingerprint density at radius 2 is 2.18 bits per heavy atom. The predicted molar refractivity (Wildman–Crippen MR) is 76.8 cm³/mol. The van der Waals surface area contributed by atoms with E-state index in [0.29, 0.717) is 31.1 Å². The van der Waals surface area contributed by atoms with Gasteiger partial charge in [0.05, 0.1) is 36.6 Å². The van der Waals surface area contributed by atoms with Crippen LogP contribution in [0.15, 0.2) is 6.07 Å². The van der Waals surface area contributed by atoms with Crippen LogP contribution in [0.3, 0.4) is 0 Å². The Balaban J connectivity index is 1.97. The van der Waals surface area contributed by atoms with Gasteiger partial charge in [-0.25, -0.2) is 4.79 Å². The lowest BCUT2D eigenvalue weighted by molar-refractivity contribution is 0.0507. The second kappa shape index (κ2) is 5.73. The first-order valence-electron chi connectivity index (χ1n) is 7.53. The number of fused-ring (bicyclic) bond motifs is 1. The average molecular weight is 308 g/mol. The van der Waals surface area contributed by atoms with Crippen molar-refractivity contribution in [2.75, 3.05) is 13.2 Å². The van der Waals surface area contributed by atoms with Crippen LogP contribution in [0, 0.1) is 0 Å². The smallest absolute Gasteiger partial charge is 0.337 e. The molecule has 1 fully saturated rings. The second-order valence-corrected chi connectivity index (χ2v) is 5.85. The molecule has 7 heteroatoms. The average Bonchev–Trinajstić information content (AvgIpc) is 3.11. The number of hydrogen-bond acceptors (Lipinski definition) is 4. The number of aromatic nitrogens is 1. The number of carboxylic acid groups (broad SMARTS) is 1. The van der Waals surface area contributed by atoms with Gasteiger partial charge >= 0.3 is 5.97 Å². The van der Waals surface area contributed by atoms with Crippen LogP contribution in [0.1, 0.15) is 46.3 Å². The SMILES string of the molecule is CC(O)C1CCCN1C(=O)c1cc(C(=O)O)c2n1CCOC2. The van der Waals surface area contributed by atoms with Crippen molar-refractivity contribution in [3.05, 3.63) is 23.0 Å². The van der Waals surface area contributed by atoms with E-state index in [-0.39, 0.29) is 24.1 Å². The molecule has 2 aliphatic heterocycles. The van der Waals surface area contributed by atoms with Crippen molar-refractivity contribution < 1.29 is 24.5 Å². The highest BCUT2D eigenvalue weighted by Gasteiger charge is 2.35. The molecule has 22 heavy (non-hydrogen) atoms. The summed E-state index contributed by atoms with van der Waals surface area (Å²) in [6.07, 6.45) is 1.03. The molecule has 0 saturated carbocycles. The number of aliphatic hydroxyl groups excluding tert-OH is 1. The first-order chi connectivity index (χ1) is 10.5. The number of aliphatic hydroxyl groups is 1. The van der Waals surface area contributed by atoms with Crippen molar-refractivity contribution in [1.82, 2.24) is 9.47 Å². The minimum Gasteiger partial charge on any atom is -0.478 e. The highest BCUT2D eigenvalue weighted by atomic mass is 16.5. The van der Waals surface area contributed by atoms with Crippen LogP contribution in [0.25, 0.3) is 0 Å². The lowest BCUT2D eigenvalue weighted by atomic mass is 10.1. The second-order valence-electron chi connectivity index (χ2n) is 5.85. The summed E-state index contributed by atoms with van der Waals surface area (Å²) >= 11 is 0. The minimum absolute atomic E-state index is 0.121. The molecule has 3 rings (SSSR count). The van der Waals surface area contributed by atoms with Gasteiger partial charge < -0.3 is 24.4 Å². The van der Waals surface area contributed by atoms with Crippen LogP contribution in [0.2, 0.25) is 0 Å². The summed E-state index contributed by atoms with van der Waals surface area (Å²) in [6, 6.07) is 1.23. The number of nitrogens with zero attached hydrogens (tertiary/aromatic N) is 2. The van der Waals surface area contributed by atoms with E-state index >= 15 is 0 Å². The molecule has 2 aliphatic rings. The lowest BCUT2D eigenvalue weighted by Gasteiger charge is -2.28. The van der Waals surface area contributed by atoms with Gasteiger partial charge in [0.1, 0.15) is 5.69 Å². The summed E-state index contributed by atoms with van der Waals surface area (Å²) in [6.45, 7) is 3.40. The fraction of sp³-hybridized carbons (Fsp3) is 0.600. The number of rotatable bonds is 3. The zero-order chi connectivity index (χ0) is 15.9. The van der Waals surface area contributed by atoms with Crippen LogP contribution in [-0.4, -0.2) is 56.9 Å². The molecule has 2 atom stereocenters. The van der Waals surface area contributed by atoms with E-state index in [2.05, 4.69) is 0 Å². The normalized spacial score (nSPS) is 22.5. The number of amides is 1. The Kier molecular flexibility index (Phi) is 3.92. The highest BCUT2D eigenvalue weighted by Crippen LogP contribution is 2.26. The van der Waals surface area contributed by atoms with Crippen LogP contribution < -0.4 is 0 Å². The molecule has 0 aromatic carbocycles. The molecule has 0 radical (unpaired) electrons. The number of aromatic carboxylic acids is 1. The summed E-state index contributed by atoms with van der Waals surface area (Å²) in [5.41, 5.74) is 1.04. The van der Waals surface area contributed by atoms with E-state index in [9.17, 15) is 19.8 Å². The van der Waals surface area contributed by atoms with Crippen molar-refractivity contribution in [1.29, 1.82) is 0 Å². The summed E-state index contributed by atoms with van der Waals surface area (Å²) in [5, 5.41) is 19.1. The van der Waals surface area contributed by atoms with Gasteiger partial charge in [0.25, 0.3) is 5.91 Å². The highest BCUT2D eigenvalue weighted by molar-refractivity contribution is 5.98. The third-order valence-electron chi connectivity index (χ3n) is 4.47. The predicted octanol–water partition coefficient (Wildman–Crippen LogP) is 0.702. The van der Waals surface area contributed by atoms with Crippen LogP contribution in [0.5, 0.6) is 0 Å². The first-order valence-corrected chi connectivity index (χ1v) is 7.53. The van der Waals surface area contributed by atoms with E-state index in [0.717, 1.165) is 12.8 Å². The van der Waals surface area contributed by atoms with Gasteiger partial charge in [-0.2, -0.15) is 0 Å².